The number of nitrogens with one attached hydrogen (secondary N) is 1. The molecule has 0 radical (unpaired) electrons. The van der Waals surface area contributed by atoms with E-state index in [2.05, 4.69) is 9.98 Å². The fraction of sp³-hybridized carbons (Fsp3) is 0.217. The highest BCUT2D eigenvalue weighted by Gasteiger charge is 2.13. The van der Waals surface area contributed by atoms with Crippen molar-refractivity contribution in [2.45, 2.75) is 33.4 Å². The van der Waals surface area contributed by atoms with Gasteiger partial charge in [0, 0.05) is 16.8 Å². The van der Waals surface area contributed by atoms with Crippen LogP contribution in [0.15, 0.2) is 61.5 Å². The molecule has 2 N–H and O–H groups in total. The van der Waals surface area contributed by atoms with Crippen LogP contribution < -0.4 is 17.0 Å². The first kappa shape index (κ1) is 22.3. The van der Waals surface area contributed by atoms with Gasteiger partial charge in [0.05, 0.1) is 12.2 Å². The van der Waals surface area contributed by atoms with Gasteiger partial charge in [-0.2, -0.15) is 0 Å². The van der Waals surface area contributed by atoms with E-state index >= 15 is 0 Å². The number of fused-ring (bicyclic) bond motifs is 1. The Morgan fingerprint density at radius 3 is 2.55 bits per heavy atom. The van der Waals surface area contributed by atoms with Crippen LogP contribution in [-0.2, 0) is 24.3 Å². The summed E-state index contributed by atoms with van der Waals surface area (Å²) in [5, 5.41) is 10.5. The van der Waals surface area contributed by atoms with Gasteiger partial charge in [0.25, 0.3) is 0 Å². The number of benzene rings is 2. The van der Waals surface area contributed by atoms with Gasteiger partial charge in [0.15, 0.2) is 0 Å². The fourth-order valence-corrected chi connectivity index (χ4v) is 3.75. The molecule has 0 aliphatic heterocycles. The van der Waals surface area contributed by atoms with Crippen LogP contribution in [0.2, 0.25) is 5.02 Å². The van der Waals surface area contributed by atoms with Gasteiger partial charge in [-0.3, -0.25) is 14.3 Å². The van der Waals surface area contributed by atoms with Crippen molar-refractivity contribution in [3.05, 3.63) is 91.0 Å². The van der Waals surface area contributed by atoms with Gasteiger partial charge in [-0.1, -0.05) is 30.7 Å². The van der Waals surface area contributed by atoms with E-state index in [1.54, 1.807) is 36.4 Å². The molecule has 4 aromatic rings. The molecule has 2 aromatic heterocycles. The number of nitrogens with zero attached hydrogens (tertiary/aromatic N) is 3. The highest BCUT2D eigenvalue weighted by molar-refractivity contribution is 6.30. The maximum absolute atomic E-state index is 13.1. The number of halogens is 1. The minimum absolute atomic E-state index is 0.00204. The number of carboxylic acids is 1. The average molecular weight is 469 g/mol. The van der Waals surface area contributed by atoms with Crippen LogP contribution in [0, 0.1) is 6.92 Å². The van der Waals surface area contributed by atoms with E-state index < -0.39 is 23.9 Å². The predicted molar refractivity (Wildman–Crippen MR) is 123 cm³/mol. The third-order valence-corrected chi connectivity index (χ3v) is 5.56. The summed E-state index contributed by atoms with van der Waals surface area (Å²) in [4.78, 5) is 43.8. The first-order valence-corrected chi connectivity index (χ1v) is 10.6. The molecule has 0 aliphatic carbocycles. The predicted octanol–water partition coefficient (Wildman–Crippen LogP) is 2.97. The van der Waals surface area contributed by atoms with Crippen molar-refractivity contribution in [3.8, 4) is 0 Å². The number of hydrogen-bond donors (Lipinski definition) is 2. The third kappa shape index (κ3) is 4.54. The van der Waals surface area contributed by atoms with E-state index in [9.17, 15) is 14.4 Å². The molecule has 0 unspecified atom stereocenters. The summed E-state index contributed by atoms with van der Waals surface area (Å²) in [5.41, 5.74) is 1.31. The molecule has 9 nitrogen and oxygen atoms in total. The molecule has 10 heteroatoms. The number of H-pyrrole nitrogens is 1. The van der Waals surface area contributed by atoms with Crippen molar-refractivity contribution in [2.24, 2.45) is 4.99 Å². The largest absolute Gasteiger partial charge is 0.480 e. The Bertz CT molecular complexity index is 1540. The molecule has 0 saturated heterocycles. The molecule has 0 bridgehead atoms. The van der Waals surface area contributed by atoms with Gasteiger partial charge in [-0.05, 0) is 48.4 Å². The number of hydrogen-bond acceptors (Lipinski definition) is 5. The maximum atomic E-state index is 13.1. The van der Waals surface area contributed by atoms with Crippen molar-refractivity contribution in [2.75, 3.05) is 0 Å². The molecular formula is C23H21ClN4O5. The Hall–Kier alpha value is -3.85. The van der Waals surface area contributed by atoms with Crippen molar-refractivity contribution in [3.63, 3.8) is 0 Å². The highest BCUT2D eigenvalue weighted by atomic mass is 35.5. The lowest BCUT2D eigenvalue weighted by atomic mass is 10.1. The Morgan fingerprint density at radius 2 is 1.88 bits per heavy atom. The lowest BCUT2D eigenvalue weighted by Crippen LogP contribution is -2.50. The number of aliphatic carboxylic acids is 1. The van der Waals surface area contributed by atoms with E-state index in [0.29, 0.717) is 15.3 Å². The second kappa shape index (κ2) is 8.95. The molecule has 4 rings (SSSR count). The Morgan fingerprint density at radius 1 is 1.15 bits per heavy atom. The van der Waals surface area contributed by atoms with E-state index in [1.807, 2.05) is 19.9 Å². The maximum Gasteiger partial charge on any atom is 0.335 e. The Balaban J connectivity index is 1.91. The summed E-state index contributed by atoms with van der Waals surface area (Å²) in [5.74, 6) is -0.428. The SMILES string of the molecule is CCc1oc2ccc(/N=c3\[nH]c(=O)n(CC(=O)O)c(=O)n3Cc3ccc(Cl)cc3)cc2c1C. The van der Waals surface area contributed by atoms with Gasteiger partial charge in [0.2, 0.25) is 5.62 Å². The number of carboxylic acid groups (broad SMARTS) is 1. The van der Waals surface area contributed by atoms with Gasteiger partial charge in [-0.15, -0.1) is 0 Å². The lowest BCUT2D eigenvalue weighted by Gasteiger charge is -2.10. The molecule has 0 atom stereocenters. The minimum Gasteiger partial charge on any atom is -0.480 e. The van der Waals surface area contributed by atoms with Crippen molar-refractivity contribution >= 4 is 34.2 Å². The Kier molecular flexibility index (Phi) is 6.06. The fourth-order valence-electron chi connectivity index (χ4n) is 3.62. The monoisotopic (exact) mass is 468 g/mol. The number of rotatable bonds is 6. The topological polar surface area (TPSA) is 123 Å². The van der Waals surface area contributed by atoms with Crippen LogP contribution in [0.3, 0.4) is 0 Å². The van der Waals surface area contributed by atoms with Gasteiger partial charge >= 0.3 is 17.3 Å². The standard InChI is InChI=1S/C23H21ClN4O5/c1-3-18-13(2)17-10-16(8-9-19(17)33-18)25-21-26-22(31)28(12-20(29)30)23(32)27(21)11-14-4-6-15(24)7-5-14/h4-10H,3,11-12H2,1-2H3,(H,29,30)(H,25,26,31). The van der Waals surface area contributed by atoms with Crippen LogP contribution in [0.1, 0.15) is 23.8 Å². The smallest absolute Gasteiger partial charge is 0.335 e. The normalized spacial score (nSPS) is 11.9. The molecule has 170 valence electrons. The number of carbonyl (C=O) groups is 1. The van der Waals surface area contributed by atoms with Crippen LogP contribution in [0.5, 0.6) is 0 Å². The zero-order chi connectivity index (χ0) is 23.7. The highest BCUT2D eigenvalue weighted by Crippen LogP contribution is 2.29. The zero-order valence-electron chi connectivity index (χ0n) is 18.0. The van der Waals surface area contributed by atoms with Crippen LogP contribution in [-0.4, -0.2) is 25.2 Å². The van der Waals surface area contributed by atoms with Crippen LogP contribution in [0.25, 0.3) is 11.0 Å². The number of aryl methyl sites for hydroxylation is 2. The number of aromatic amines is 1. The Labute approximate surface area is 192 Å². The van der Waals surface area contributed by atoms with Crippen molar-refractivity contribution in [1.29, 1.82) is 0 Å². The zero-order valence-corrected chi connectivity index (χ0v) is 18.7. The summed E-state index contributed by atoms with van der Waals surface area (Å²) < 4.78 is 7.67. The molecule has 0 fully saturated rings. The van der Waals surface area contributed by atoms with E-state index in [1.165, 1.54) is 4.57 Å². The second-order valence-corrected chi connectivity index (χ2v) is 7.96. The third-order valence-electron chi connectivity index (χ3n) is 5.30. The lowest BCUT2D eigenvalue weighted by molar-refractivity contribution is -0.137. The number of furan rings is 1. The molecule has 0 amide bonds. The second-order valence-electron chi connectivity index (χ2n) is 7.52. The average Bonchev–Trinajstić information content (AvgIpc) is 3.10. The van der Waals surface area contributed by atoms with Crippen LogP contribution in [0.4, 0.5) is 5.69 Å². The van der Waals surface area contributed by atoms with E-state index in [4.69, 9.17) is 21.1 Å². The summed E-state index contributed by atoms with van der Waals surface area (Å²) in [6, 6.07) is 12.1. The molecule has 0 aliphatic rings. The summed E-state index contributed by atoms with van der Waals surface area (Å²) >= 11 is 5.95. The minimum atomic E-state index is -1.31. The summed E-state index contributed by atoms with van der Waals surface area (Å²) in [6.07, 6.45) is 0.753. The molecule has 33 heavy (non-hydrogen) atoms. The molecule has 2 aromatic carbocycles. The summed E-state index contributed by atoms with van der Waals surface area (Å²) in [6.45, 7) is 3.25. The van der Waals surface area contributed by atoms with E-state index in [0.717, 1.165) is 34.3 Å². The van der Waals surface area contributed by atoms with Crippen molar-refractivity contribution in [1.82, 2.24) is 14.1 Å². The van der Waals surface area contributed by atoms with Gasteiger partial charge < -0.3 is 9.52 Å². The molecular weight excluding hydrogens is 448 g/mol. The van der Waals surface area contributed by atoms with Gasteiger partial charge in [0.1, 0.15) is 17.9 Å². The first-order chi connectivity index (χ1) is 15.8. The van der Waals surface area contributed by atoms with Crippen molar-refractivity contribution < 1.29 is 14.3 Å². The summed E-state index contributed by atoms with van der Waals surface area (Å²) in [7, 11) is 0. The van der Waals surface area contributed by atoms with Gasteiger partial charge in [-0.25, -0.2) is 19.1 Å². The first-order valence-electron chi connectivity index (χ1n) is 10.2. The van der Waals surface area contributed by atoms with E-state index in [-0.39, 0.29) is 12.2 Å². The number of aromatic nitrogens is 3. The quantitative estimate of drug-likeness (QED) is 0.450. The molecule has 0 saturated carbocycles. The molecule has 0 spiro atoms. The molecule has 2 heterocycles. The van der Waals surface area contributed by atoms with Crippen LogP contribution >= 0.6 is 11.6 Å².